The lowest BCUT2D eigenvalue weighted by Crippen LogP contribution is -2.28. The highest BCUT2D eigenvalue weighted by Gasteiger charge is 2.33. The number of nitrogens with zero attached hydrogens (tertiary/aromatic N) is 3. The number of allylic oxidation sites excluding steroid dienone is 1. The SMILES string of the molecule is CCC1=CNc2c(c(-c3ccc(Oc4cccc(F)c4)cc3)c(C)n2C2CCN(C(=O)C=CCN(C)C3CC3)C2)C(=N)C1. The van der Waals surface area contributed by atoms with Gasteiger partial charge in [-0.2, -0.15) is 0 Å². The highest BCUT2D eigenvalue weighted by atomic mass is 19.1. The van der Waals surface area contributed by atoms with Crippen LogP contribution in [0.15, 0.2) is 72.5 Å². The summed E-state index contributed by atoms with van der Waals surface area (Å²) in [6.07, 6.45) is 10.6. The Bertz CT molecular complexity index is 1580. The van der Waals surface area contributed by atoms with E-state index in [4.69, 9.17) is 10.1 Å². The number of carbonyl (C=O) groups excluding carboxylic acids is 1. The van der Waals surface area contributed by atoms with Gasteiger partial charge in [-0.3, -0.25) is 9.69 Å². The molecular formula is C35H40FN5O2. The predicted molar refractivity (Wildman–Crippen MR) is 170 cm³/mol. The third kappa shape index (κ3) is 6.15. The van der Waals surface area contributed by atoms with E-state index in [1.165, 1.54) is 30.5 Å². The van der Waals surface area contributed by atoms with Gasteiger partial charge in [-0.25, -0.2) is 4.39 Å². The number of fused-ring (bicyclic) bond motifs is 1. The largest absolute Gasteiger partial charge is 0.457 e. The van der Waals surface area contributed by atoms with Crippen molar-refractivity contribution in [2.45, 2.75) is 58.0 Å². The number of aromatic nitrogens is 1. The standard InChI is InChI=1S/C35H40FN5O2/c1-4-24-19-31(37)34-33(25-10-14-29(15-11-25)43-30-8-5-7-26(36)20-30)23(2)41(35(34)38-21-24)28-16-18-40(22-28)32(42)9-6-17-39(3)27-12-13-27/h5-11,14-15,20-21,27-28,37-38H,4,12-13,16-19,22H2,1-3H3. The van der Waals surface area contributed by atoms with E-state index in [0.717, 1.165) is 47.6 Å². The molecule has 6 rings (SSSR count). The number of likely N-dealkylation sites (tertiary alicyclic amines) is 1. The second-order valence-electron chi connectivity index (χ2n) is 11.9. The van der Waals surface area contributed by atoms with Gasteiger partial charge in [0.1, 0.15) is 23.1 Å². The maximum Gasteiger partial charge on any atom is 0.246 e. The molecule has 1 aromatic heterocycles. The molecule has 3 aromatic rings. The van der Waals surface area contributed by atoms with Gasteiger partial charge in [0, 0.05) is 73.0 Å². The molecule has 43 heavy (non-hydrogen) atoms. The van der Waals surface area contributed by atoms with Gasteiger partial charge in [-0.1, -0.05) is 31.2 Å². The molecule has 2 fully saturated rings. The smallest absolute Gasteiger partial charge is 0.246 e. The molecule has 1 aliphatic carbocycles. The molecular weight excluding hydrogens is 541 g/mol. The van der Waals surface area contributed by atoms with E-state index in [1.807, 2.05) is 41.4 Å². The molecule has 3 aliphatic rings. The second kappa shape index (κ2) is 12.2. The summed E-state index contributed by atoms with van der Waals surface area (Å²) in [5, 5.41) is 12.7. The monoisotopic (exact) mass is 581 g/mol. The number of hydrogen-bond acceptors (Lipinski definition) is 5. The number of carbonyl (C=O) groups is 1. The number of halogens is 1. The van der Waals surface area contributed by atoms with Crippen LogP contribution in [-0.2, 0) is 4.79 Å². The molecule has 1 amide bonds. The number of likely N-dealkylation sites (N-methyl/N-ethyl adjacent to an activating group) is 1. The Morgan fingerprint density at radius 3 is 2.65 bits per heavy atom. The highest BCUT2D eigenvalue weighted by molar-refractivity contribution is 6.11. The molecule has 2 aromatic carbocycles. The normalized spacial score (nSPS) is 18.5. The van der Waals surface area contributed by atoms with Gasteiger partial charge in [0.05, 0.1) is 6.04 Å². The fourth-order valence-corrected chi connectivity index (χ4v) is 6.32. The van der Waals surface area contributed by atoms with Crippen molar-refractivity contribution in [3.8, 4) is 22.6 Å². The summed E-state index contributed by atoms with van der Waals surface area (Å²) in [6.45, 7) is 6.35. The van der Waals surface area contributed by atoms with E-state index in [9.17, 15) is 9.18 Å². The minimum absolute atomic E-state index is 0.0607. The summed E-state index contributed by atoms with van der Waals surface area (Å²) in [7, 11) is 2.12. The van der Waals surface area contributed by atoms with Crippen LogP contribution in [0.2, 0.25) is 0 Å². The van der Waals surface area contributed by atoms with Crippen molar-refractivity contribution in [2.24, 2.45) is 0 Å². The summed E-state index contributed by atoms with van der Waals surface area (Å²) >= 11 is 0. The van der Waals surface area contributed by atoms with Crippen LogP contribution in [-0.4, -0.2) is 58.7 Å². The topological polar surface area (TPSA) is 73.6 Å². The molecule has 0 spiro atoms. The number of ether oxygens (including phenoxy) is 1. The van der Waals surface area contributed by atoms with Crippen molar-refractivity contribution in [2.75, 3.05) is 32.0 Å². The quantitative estimate of drug-likeness (QED) is 0.260. The van der Waals surface area contributed by atoms with Gasteiger partial charge in [-0.05, 0) is 75.1 Å². The van der Waals surface area contributed by atoms with Crippen LogP contribution in [0.5, 0.6) is 11.5 Å². The Morgan fingerprint density at radius 2 is 1.93 bits per heavy atom. The van der Waals surface area contributed by atoms with Crippen molar-refractivity contribution < 1.29 is 13.9 Å². The van der Waals surface area contributed by atoms with Crippen molar-refractivity contribution in [1.29, 1.82) is 5.41 Å². The lowest BCUT2D eigenvalue weighted by Gasteiger charge is -2.20. The summed E-state index contributed by atoms with van der Waals surface area (Å²) in [5.74, 6) is 1.69. The maximum atomic E-state index is 13.7. The van der Waals surface area contributed by atoms with Gasteiger partial charge >= 0.3 is 0 Å². The first kappa shape index (κ1) is 28.9. The van der Waals surface area contributed by atoms with Crippen LogP contribution >= 0.6 is 0 Å². The number of benzene rings is 2. The first-order chi connectivity index (χ1) is 20.8. The summed E-state index contributed by atoms with van der Waals surface area (Å²) in [6, 6.07) is 14.6. The van der Waals surface area contributed by atoms with E-state index >= 15 is 0 Å². The Hall–Kier alpha value is -4.17. The molecule has 1 saturated carbocycles. The summed E-state index contributed by atoms with van der Waals surface area (Å²) in [5.41, 5.74) is 5.74. The fraction of sp³-hybridized carbons (Fsp3) is 0.371. The number of amides is 1. The van der Waals surface area contributed by atoms with E-state index in [1.54, 1.807) is 18.2 Å². The van der Waals surface area contributed by atoms with Gasteiger partial charge < -0.3 is 24.9 Å². The Morgan fingerprint density at radius 1 is 1.14 bits per heavy atom. The van der Waals surface area contributed by atoms with Crippen molar-refractivity contribution >= 4 is 17.4 Å². The Labute approximate surface area is 253 Å². The highest BCUT2D eigenvalue weighted by Crippen LogP contribution is 2.42. The van der Waals surface area contributed by atoms with Crippen LogP contribution in [0.4, 0.5) is 10.2 Å². The van der Waals surface area contributed by atoms with Crippen LogP contribution in [0, 0.1) is 18.2 Å². The molecule has 2 aliphatic heterocycles. The molecule has 0 bridgehead atoms. The van der Waals surface area contributed by atoms with E-state index in [-0.39, 0.29) is 17.8 Å². The number of anilines is 1. The number of nitrogens with one attached hydrogen (secondary N) is 2. The predicted octanol–water partition coefficient (Wildman–Crippen LogP) is 7.30. The zero-order chi connectivity index (χ0) is 30.1. The van der Waals surface area contributed by atoms with Gasteiger partial charge in [0.2, 0.25) is 5.91 Å². The molecule has 3 heterocycles. The first-order valence-electron chi connectivity index (χ1n) is 15.3. The summed E-state index contributed by atoms with van der Waals surface area (Å²) < 4.78 is 21.8. The molecule has 2 N–H and O–H groups in total. The van der Waals surface area contributed by atoms with Crippen LogP contribution in [0.1, 0.15) is 56.3 Å². The molecule has 1 saturated heterocycles. The molecule has 1 unspecified atom stereocenters. The van der Waals surface area contributed by atoms with E-state index < -0.39 is 0 Å². The minimum atomic E-state index is -0.343. The molecule has 224 valence electrons. The third-order valence-electron chi connectivity index (χ3n) is 8.86. The van der Waals surface area contributed by atoms with Crippen LogP contribution < -0.4 is 10.1 Å². The lowest BCUT2D eigenvalue weighted by molar-refractivity contribution is -0.125. The van der Waals surface area contributed by atoms with Crippen molar-refractivity contribution in [1.82, 2.24) is 14.4 Å². The Kier molecular flexibility index (Phi) is 8.21. The molecule has 8 heteroatoms. The summed E-state index contributed by atoms with van der Waals surface area (Å²) in [4.78, 5) is 17.3. The molecule has 7 nitrogen and oxygen atoms in total. The van der Waals surface area contributed by atoms with E-state index in [0.29, 0.717) is 42.8 Å². The third-order valence-corrected chi connectivity index (χ3v) is 8.86. The van der Waals surface area contributed by atoms with Crippen molar-refractivity contribution in [3.63, 3.8) is 0 Å². The zero-order valence-corrected chi connectivity index (χ0v) is 25.2. The first-order valence-corrected chi connectivity index (χ1v) is 15.3. The zero-order valence-electron chi connectivity index (χ0n) is 25.2. The van der Waals surface area contributed by atoms with Gasteiger partial charge in [-0.15, -0.1) is 0 Å². The van der Waals surface area contributed by atoms with Crippen molar-refractivity contribution in [3.05, 3.63) is 89.5 Å². The molecule has 0 radical (unpaired) electrons. The number of rotatable bonds is 9. The maximum absolute atomic E-state index is 13.7. The van der Waals surface area contributed by atoms with Crippen LogP contribution in [0.25, 0.3) is 11.1 Å². The lowest BCUT2D eigenvalue weighted by atomic mass is 9.95. The Balaban J connectivity index is 1.28. The van der Waals surface area contributed by atoms with E-state index in [2.05, 4.69) is 35.7 Å². The number of hydrogen-bond donors (Lipinski definition) is 2. The minimum Gasteiger partial charge on any atom is -0.457 e. The van der Waals surface area contributed by atoms with Gasteiger partial charge in [0.25, 0.3) is 0 Å². The van der Waals surface area contributed by atoms with Crippen LogP contribution in [0.3, 0.4) is 0 Å². The average Bonchev–Trinajstić information content (AvgIpc) is 3.70. The van der Waals surface area contributed by atoms with Gasteiger partial charge in [0.15, 0.2) is 0 Å². The second-order valence-corrected chi connectivity index (χ2v) is 11.9. The average molecular weight is 582 g/mol. The molecule has 1 atom stereocenters. The fourth-order valence-electron chi connectivity index (χ4n) is 6.32.